The fourth-order valence-electron chi connectivity index (χ4n) is 4.84. The molecule has 0 radical (unpaired) electrons. The lowest BCUT2D eigenvalue weighted by Crippen LogP contribution is -2.39. The van der Waals surface area contributed by atoms with Gasteiger partial charge in [0.25, 0.3) is 0 Å². The second-order valence-electron chi connectivity index (χ2n) is 8.81. The fraction of sp³-hybridized carbons (Fsp3) is 0.0645. The third-order valence-electron chi connectivity index (χ3n) is 6.58. The molecule has 5 nitrogen and oxygen atoms in total. The molecule has 174 valence electrons. The Bertz CT molecular complexity index is 1470. The van der Waals surface area contributed by atoms with Crippen molar-refractivity contribution in [3.05, 3.63) is 156 Å². The third kappa shape index (κ3) is 3.62. The van der Waals surface area contributed by atoms with Crippen LogP contribution >= 0.6 is 0 Å². The van der Waals surface area contributed by atoms with Crippen LogP contribution in [-0.2, 0) is 5.54 Å². The highest BCUT2D eigenvalue weighted by molar-refractivity contribution is 5.56. The monoisotopic (exact) mass is 467 g/mol. The third-order valence-corrected chi connectivity index (χ3v) is 6.58. The standard InChI is InChI=1S/C31H25N5/c1-24-19-21-28(22-20-24)35-23-11-18-29(35)30-32-34-36(33-30)31(25-12-5-2-6-13-25,26-14-7-3-8-15-26)27-16-9-4-10-17-27/h2-23H,1H3. The maximum atomic E-state index is 5.03. The first-order valence-electron chi connectivity index (χ1n) is 12.0. The maximum Gasteiger partial charge on any atom is 0.221 e. The zero-order valence-electron chi connectivity index (χ0n) is 19.9. The Labute approximate surface area is 210 Å². The summed E-state index contributed by atoms with van der Waals surface area (Å²) in [6.45, 7) is 2.09. The Kier molecular flexibility index (Phi) is 5.51. The Hall–Kier alpha value is -4.77. The number of hydrogen-bond donors (Lipinski definition) is 0. The van der Waals surface area contributed by atoms with Gasteiger partial charge in [0.05, 0.1) is 5.69 Å². The molecule has 5 heteroatoms. The van der Waals surface area contributed by atoms with Crippen LogP contribution in [0.5, 0.6) is 0 Å². The molecule has 6 rings (SSSR count). The summed E-state index contributed by atoms with van der Waals surface area (Å²) in [5, 5.41) is 14.3. The second-order valence-corrected chi connectivity index (χ2v) is 8.81. The van der Waals surface area contributed by atoms with Crippen LogP contribution in [0.4, 0.5) is 0 Å². The van der Waals surface area contributed by atoms with E-state index in [4.69, 9.17) is 5.10 Å². The van der Waals surface area contributed by atoms with E-state index in [1.165, 1.54) is 5.56 Å². The van der Waals surface area contributed by atoms with E-state index in [1.807, 2.05) is 36.5 Å². The van der Waals surface area contributed by atoms with Crippen molar-refractivity contribution in [1.29, 1.82) is 0 Å². The van der Waals surface area contributed by atoms with Gasteiger partial charge in [-0.1, -0.05) is 109 Å². The van der Waals surface area contributed by atoms with Crippen molar-refractivity contribution in [3.63, 3.8) is 0 Å². The van der Waals surface area contributed by atoms with E-state index in [0.29, 0.717) is 5.82 Å². The second kappa shape index (κ2) is 9.12. The molecule has 0 aliphatic carbocycles. The number of benzene rings is 4. The summed E-state index contributed by atoms with van der Waals surface area (Å²) < 4.78 is 2.09. The summed E-state index contributed by atoms with van der Waals surface area (Å²) in [6.07, 6.45) is 2.03. The molecule has 0 saturated carbocycles. The number of nitrogens with zero attached hydrogens (tertiary/aromatic N) is 5. The van der Waals surface area contributed by atoms with Gasteiger partial charge in [0.2, 0.25) is 5.82 Å². The average Bonchev–Trinajstić information content (AvgIpc) is 3.62. The van der Waals surface area contributed by atoms with Gasteiger partial charge in [-0.3, -0.25) is 0 Å². The van der Waals surface area contributed by atoms with Gasteiger partial charge in [-0.05, 0) is 53.1 Å². The lowest BCUT2D eigenvalue weighted by atomic mass is 9.77. The van der Waals surface area contributed by atoms with Crippen molar-refractivity contribution in [2.45, 2.75) is 12.5 Å². The maximum absolute atomic E-state index is 5.03. The predicted molar refractivity (Wildman–Crippen MR) is 142 cm³/mol. The minimum atomic E-state index is -0.795. The largest absolute Gasteiger partial charge is 0.314 e. The lowest BCUT2D eigenvalue weighted by Gasteiger charge is -2.34. The summed E-state index contributed by atoms with van der Waals surface area (Å²) >= 11 is 0. The lowest BCUT2D eigenvalue weighted by molar-refractivity contribution is 0.395. The number of tetrazole rings is 1. The Balaban J connectivity index is 1.58. The van der Waals surface area contributed by atoms with E-state index in [-0.39, 0.29) is 0 Å². The van der Waals surface area contributed by atoms with Crippen LogP contribution in [0.15, 0.2) is 134 Å². The molecule has 0 atom stereocenters. The van der Waals surface area contributed by atoms with Crippen molar-refractivity contribution < 1.29 is 0 Å². The number of aromatic nitrogens is 5. The van der Waals surface area contributed by atoms with Gasteiger partial charge in [0.1, 0.15) is 0 Å². The van der Waals surface area contributed by atoms with Gasteiger partial charge in [-0.2, -0.15) is 0 Å². The molecule has 0 fully saturated rings. The topological polar surface area (TPSA) is 48.5 Å². The Morgan fingerprint density at radius 1 is 0.583 bits per heavy atom. The molecule has 0 aliphatic rings. The normalized spacial score (nSPS) is 11.5. The highest BCUT2D eigenvalue weighted by Gasteiger charge is 2.41. The van der Waals surface area contributed by atoms with E-state index in [0.717, 1.165) is 28.1 Å². The van der Waals surface area contributed by atoms with Gasteiger partial charge in [-0.15, -0.1) is 15.0 Å². The van der Waals surface area contributed by atoms with Gasteiger partial charge in [-0.25, -0.2) is 0 Å². The molecular weight excluding hydrogens is 442 g/mol. The molecule has 0 amide bonds. The minimum Gasteiger partial charge on any atom is -0.314 e. The summed E-state index contributed by atoms with van der Waals surface area (Å²) in [5.41, 5.74) is 5.53. The van der Waals surface area contributed by atoms with Crippen molar-refractivity contribution in [2.24, 2.45) is 0 Å². The van der Waals surface area contributed by atoms with Gasteiger partial charge in [0.15, 0.2) is 5.54 Å². The van der Waals surface area contributed by atoms with Crippen molar-refractivity contribution in [1.82, 2.24) is 24.8 Å². The molecule has 2 aromatic heterocycles. The molecule has 4 aromatic carbocycles. The van der Waals surface area contributed by atoms with E-state index < -0.39 is 5.54 Å². The van der Waals surface area contributed by atoms with E-state index in [1.54, 1.807) is 4.80 Å². The molecule has 0 saturated heterocycles. The van der Waals surface area contributed by atoms with E-state index >= 15 is 0 Å². The molecule has 0 N–H and O–H groups in total. The van der Waals surface area contributed by atoms with Gasteiger partial charge >= 0.3 is 0 Å². The van der Waals surface area contributed by atoms with Crippen LogP contribution in [0.2, 0.25) is 0 Å². The van der Waals surface area contributed by atoms with E-state index in [2.05, 4.69) is 119 Å². The smallest absolute Gasteiger partial charge is 0.221 e. The quantitative estimate of drug-likeness (QED) is 0.271. The summed E-state index contributed by atoms with van der Waals surface area (Å²) in [6, 6.07) is 43.6. The van der Waals surface area contributed by atoms with Crippen LogP contribution in [0.1, 0.15) is 22.3 Å². The minimum absolute atomic E-state index is 0.563. The fourth-order valence-corrected chi connectivity index (χ4v) is 4.84. The van der Waals surface area contributed by atoms with Gasteiger partial charge in [0, 0.05) is 11.9 Å². The molecule has 2 heterocycles. The highest BCUT2D eigenvalue weighted by Crippen LogP contribution is 2.39. The van der Waals surface area contributed by atoms with Crippen LogP contribution in [0, 0.1) is 6.92 Å². The molecule has 36 heavy (non-hydrogen) atoms. The van der Waals surface area contributed by atoms with Crippen molar-refractivity contribution in [3.8, 4) is 17.2 Å². The van der Waals surface area contributed by atoms with Crippen molar-refractivity contribution in [2.75, 3.05) is 0 Å². The zero-order valence-corrected chi connectivity index (χ0v) is 19.9. The molecule has 0 aliphatic heterocycles. The zero-order chi connectivity index (χ0) is 24.4. The number of aryl methyl sites for hydroxylation is 1. The van der Waals surface area contributed by atoms with Crippen molar-refractivity contribution >= 4 is 0 Å². The molecule has 0 bridgehead atoms. The molecule has 0 unspecified atom stereocenters. The van der Waals surface area contributed by atoms with Crippen LogP contribution in [0.3, 0.4) is 0 Å². The first-order valence-corrected chi connectivity index (χ1v) is 12.0. The Morgan fingerprint density at radius 3 is 1.64 bits per heavy atom. The Morgan fingerprint density at radius 2 is 1.11 bits per heavy atom. The summed E-state index contributed by atoms with van der Waals surface area (Å²) in [5.74, 6) is 0.563. The first kappa shape index (κ1) is 21.7. The molecule has 6 aromatic rings. The molecular formula is C31H25N5. The average molecular weight is 468 g/mol. The van der Waals surface area contributed by atoms with Crippen LogP contribution in [-0.4, -0.2) is 24.8 Å². The molecule has 0 spiro atoms. The SMILES string of the molecule is Cc1ccc(-n2cccc2-c2nnn(C(c3ccccc3)(c3ccccc3)c3ccccc3)n2)cc1. The number of hydrogen-bond acceptors (Lipinski definition) is 3. The first-order chi connectivity index (χ1) is 17.8. The summed E-state index contributed by atoms with van der Waals surface area (Å²) in [4.78, 5) is 1.76. The number of rotatable bonds is 6. The van der Waals surface area contributed by atoms with E-state index in [9.17, 15) is 0 Å². The van der Waals surface area contributed by atoms with Crippen LogP contribution < -0.4 is 0 Å². The van der Waals surface area contributed by atoms with Gasteiger partial charge < -0.3 is 4.57 Å². The van der Waals surface area contributed by atoms with Crippen LogP contribution in [0.25, 0.3) is 17.2 Å². The highest BCUT2D eigenvalue weighted by atomic mass is 15.6. The summed E-state index contributed by atoms with van der Waals surface area (Å²) in [7, 11) is 0. The predicted octanol–water partition coefficient (Wildman–Crippen LogP) is 6.28.